The number of ketones is 1. The van der Waals surface area contributed by atoms with Crippen LogP contribution >= 0.6 is 0 Å². The van der Waals surface area contributed by atoms with E-state index in [1.54, 1.807) is 6.92 Å². The lowest BCUT2D eigenvalue weighted by Crippen LogP contribution is -1.87. The summed E-state index contributed by atoms with van der Waals surface area (Å²) in [6.07, 6.45) is 49.0. The molecule has 0 radical (unpaired) electrons. The minimum Gasteiger partial charge on any atom is -0.300 e. The zero-order valence-corrected chi connectivity index (χ0v) is 25.7. The molecule has 0 aromatic carbocycles. The SMILES string of the molecule is CCCCCCCC/C=C\CCCCCCCCCCCCCCCCCCC/C=C\CCCC(C)=O. The van der Waals surface area contributed by atoms with Gasteiger partial charge in [0.25, 0.3) is 0 Å². The Hall–Kier alpha value is -0.850. The molecule has 0 amide bonds. The molecular weight excluding hydrogens is 448 g/mol. The lowest BCUT2D eigenvalue weighted by molar-refractivity contribution is -0.117. The normalized spacial score (nSPS) is 11.8. The van der Waals surface area contributed by atoms with E-state index in [1.807, 2.05) is 0 Å². The van der Waals surface area contributed by atoms with Crippen LogP contribution in [-0.2, 0) is 4.79 Å². The predicted octanol–water partition coefficient (Wildman–Crippen LogP) is 13.0. The van der Waals surface area contributed by atoms with Crippen LogP contribution < -0.4 is 0 Å². The van der Waals surface area contributed by atoms with Gasteiger partial charge in [-0.3, -0.25) is 0 Å². The summed E-state index contributed by atoms with van der Waals surface area (Å²) in [4.78, 5) is 10.9. The van der Waals surface area contributed by atoms with Gasteiger partial charge in [0.1, 0.15) is 5.78 Å². The molecule has 0 N–H and O–H groups in total. The second kappa shape index (κ2) is 33.2. The van der Waals surface area contributed by atoms with Crippen LogP contribution in [0.15, 0.2) is 24.3 Å². The van der Waals surface area contributed by atoms with E-state index in [0.717, 1.165) is 19.3 Å². The molecule has 0 unspecified atom stereocenters. The van der Waals surface area contributed by atoms with E-state index in [2.05, 4.69) is 31.2 Å². The van der Waals surface area contributed by atoms with Gasteiger partial charge in [0, 0.05) is 6.42 Å². The van der Waals surface area contributed by atoms with Crippen LogP contribution in [0, 0.1) is 0 Å². The zero-order chi connectivity index (χ0) is 26.9. The summed E-state index contributed by atoms with van der Waals surface area (Å²) in [5, 5.41) is 0. The van der Waals surface area contributed by atoms with E-state index < -0.39 is 0 Å². The molecule has 37 heavy (non-hydrogen) atoms. The van der Waals surface area contributed by atoms with Crippen molar-refractivity contribution in [3.05, 3.63) is 24.3 Å². The Labute approximate surface area is 234 Å². The van der Waals surface area contributed by atoms with Crippen molar-refractivity contribution in [1.29, 1.82) is 0 Å². The molecule has 0 bridgehead atoms. The summed E-state index contributed by atoms with van der Waals surface area (Å²) in [6.45, 7) is 3.98. The third-order valence-corrected chi connectivity index (χ3v) is 7.70. The lowest BCUT2D eigenvalue weighted by atomic mass is 10.0. The van der Waals surface area contributed by atoms with Crippen LogP contribution in [0.4, 0.5) is 0 Å². The van der Waals surface area contributed by atoms with Crippen molar-refractivity contribution in [3.8, 4) is 0 Å². The van der Waals surface area contributed by atoms with E-state index in [0.29, 0.717) is 5.78 Å². The van der Waals surface area contributed by atoms with Crippen LogP contribution in [0.5, 0.6) is 0 Å². The summed E-state index contributed by atoms with van der Waals surface area (Å²) in [5.74, 6) is 0.317. The Morgan fingerprint density at radius 3 is 0.892 bits per heavy atom. The molecule has 0 aliphatic heterocycles. The number of unbranched alkanes of at least 4 members (excludes halogenated alkanes) is 25. The van der Waals surface area contributed by atoms with E-state index in [9.17, 15) is 4.79 Å². The van der Waals surface area contributed by atoms with Gasteiger partial charge in [-0.2, -0.15) is 0 Å². The Morgan fingerprint density at radius 1 is 0.378 bits per heavy atom. The van der Waals surface area contributed by atoms with Crippen LogP contribution in [-0.4, -0.2) is 5.78 Å². The Bertz CT molecular complexity index is 489. The number of hydrogen-bond donors (Lipinski definition) is 0. The monoisotopic (exact) mass is 517 g/mol. The highest BCUT2D eigenvalue weighted by Crippen LogP contribution is 2.15. The molecular formula is C36H68O. The van der Waals surface area contributed by atoms with Crippen molar-refractivity contribution in [2.75, 3.05) is 0 Å². The molecule has 0 fully saturated rings. The van der Waals surface area contributed by atoms with Gasteiger partial charge in [-0.1, -0.05) is 160 Å². The van der Waals surface area contributed by atoms with Crippen LogP contribution in [0.1, 0.15) is 200 Å². The minimum absolute atomic E-state index is 0.317. The standard InChI is InChI=1S/C36H68O/c1-3-4-5-6-7-8-9-10-11-12-13-14-15-16-17-18-19-20-21-22-23-24-25-26-27-28-29-30-31-32-33-34-35-36(2)37/h10-11,31-32H,3-9,12-30,33-35H2,1-2H3/b11-10-,32-31-. The molecule has 0 aromatic rings. The highest BCUT2D eigenvalue weighted by Gasteiger charge is 1.95. The second-order valence-electron chi connectivity index (χ2n) is 11.7. The molecule has 0 atom stereocenters. The average molecular weight is 517 g/mol. The number of rotatable bonds is 31. The maximum atomic E-state index is 10.9. The highest BCUT2D eigenvalue weighted by atomic mass is 16.1. The molecule has 0 aliphatic carbocycles. The van der Waals surface area contributed by atoms with Crippen LogP contribution in [0.3, 0.4) is 0 Å². The van der Waals surface area contributed by atoms with Gasteiger partial charge in [-0.15, -0.1) is 0 Å². The highest BCUT2D eigenvalue weighted by molar-refractivity contribution is 5.75. The number of carbonyl (C=O) groups excluding carboxylic acids is 1. The van der Waals surface area contributed by atoms with Crippen molar-refractivity contribution in [1.82, 2.24) is 0 Å². The maximum Gasteiger partial charge on any atom is 0.129 e. The first-order valence-electron chi connectivity index (χ1n) is 17.1. The first-order chi connectivity index (χ1) is 18.3. The zero-order valence-electron chi connectivity index (χ0n) is 25.7. The smallest absolute Gasteiger partial charge is 0.129 e. The van der Waals surface area contributed by atoms with Crippen molar-refractivity contribution >= 4 is 5.78 Å². The quantitative estimate of drug-likeness (QED) is 0.0661. The first kappa shape index (κ1) is 36.1. The number of carbonyl (C=O) groups is 1. The molecule has 0 heterocycles. The van der Waals surface area contributed by atoms with Gasteiger partial charge in [0.15, 0.2) is 0 Å². The molecule has 0 saturated carbocycles. The summed E-state index contributed by atoms with van der Waals surface area (Å²) < 4.78 is 0. The molecule has 218 valence electrons. The summed E-state index contributed by atoms with van der Waals surface area (Å²) in [6, 6.07) is 0. The molecule has 0 aliphatic rings. The van der Waals surface area contributed by atoms with Crippen molar-refractivity contribution in [3.63, 3.8) is 0 Å². The maximum absolute atomic E-state index is 10.9. The van der Waals surface area contributed by atoms with Gasteiger partial charge < -0.3 is 4.79 Å². The van der Waals surface area contributed by atoms with E-state index in [4.69, 9.17) is 0 Å². The van der Waals surface area contributed by atoms with Gasteiger partial charge in [0.05, 0.1) is 0 Å². The number of allylic oxidation sites excluding steroid dienone is 4. The minimum atomic E-state index is 0.317. The Kier molecular flexibility index (Phi) is 32.4. The van der Waals surface area contributed by atoms with Crippen LogP contribution in [0.25, 0.3) is 0 Å². The van der Waals surface area contributed by atoms with Crippen molar-refractivity contribution in [2.45, 2.75) is 200 Å². The van der Waals surface area contributed by atoms with Gasteiger partial charge in [-0.25, -0.2) is 0 Å². The van der Waals surface area contributed by atoms with E-state index in [1.165, 1.54) is 167 Å². The topological polar surface area (TPSA) is 17.1 Å². The van der Waals surface area contributed by atoms with E-state index in [-0.39, 0.29) is 0 Å². The molecule has 0 spiro atoms. The summed E-state index contributed by atoms with van der Waals surface area (Å²) >= 11 is 0. The van der Waals surface area contributed by atoms with Crippen LogP contribution in [0.2, 0.25) is 0 Å². The van der Waals surface area contributed by atoms with Gasteiger partial charge >= 0.3 is 0 Å². The molecule has 1 heteroatoms. The van der Waals surface area contributed by atoms with Gasteiger partial charge in [-0.05, 0) is 58.3 Å². The molecule has 0 rings (SSSR count). The molecule has 0 saturated heterocycles. The largest absolute Gasteiger partial charge is 0.300 e. The average Bonchev–Trinajstić information content (AvgIpc) is 2.89. The van der Waals surface area contributed by atoms with E-state index >= 15 is 0 Å². The third kappa shape index (κ3) is 35.1. The Morgan fingerprint density at radius 2 is 0.622 bits per heavy atom. The van der Waals surface area contributed by atoms with Crippen molar-refractivity contribution < 1.29 is 4.79 Å². The van der Waals surface area contributed by atoms with Crippen molar-refractivity contribution in [2.24, 2.45) is 0 Å². The third-order valence-electron chi connectivity index (χ3n) is 7.70. The first-order valence-corrected chi connectivity index (χ1v) is 17.1. The fourth-order valence-corrected chi connectivity index (χ4v) is 5.16. The molecule has 1 nitrogen and oxygen atoms in total. The second-order valence-corrected chi connectivity index (χ2v) is 11.7. The number of hydrogen-bond acceptors (Lipinski definition) is 1. The van der Waals surface area contributed by atoms with Gasteiger partial charge in [0.2, 0.25) is 0 Å². The fraction of sp³-hybridized carbons (Fsp3) is 0.861. The Balaban J connectivity index is 3.10. The lowest BCUT2D eigenvalue weighted by Gasteiger charge is -2.03. The summed E-state index contributed by atoms with van der Waals surface area (Å²) in [7, 11) is 0. The summed E-state index contributed by atoms with van der Waals surface area (Å²) in [5.41, 5.74) is 0. The number of Topliss-reactive ketones (excluding diaryl/α,β-unsaturated/α-hetero) is 1. The fourth-order valence-electron chi connectivity index (χ4n) is 5.16. The predicted molar refractivity (Wildman–Crippen MR) is 169 cm³/mol. The molecule has 0 aromatic heterocycles.